The van der Waals surface area contributed by atoms with Crippen molar-refractivity contribution in [3.63, 3.8) is 0 Å². The van der Waals surface area contributed by atoms with Crippen LogP contribution in [0.4, 0.5) is 5.82 Å². The maximum absolute atomic E-state index is 13.2. The number of amides is 1. The highest BCUT2D eigenvalue weighted by atomic mass is 32.2. The molecule has 1 amide bonds. The number of hydrogen-bond donors (Lipinski definition) is 2. The molecule has 3 aromatic heterocycles. The van der Waals surface area contributed by atoms with Gasteiger partial charge in [-0.25, -0.2) is 4.98 Å². The summed E-state index contributed by atoms with van der Waals surface area (Å²) in [5.41, 5.74) is 0.276. The summed E-state index contributed by atoms with van der Waals surface area (Å²) in [4.78, 5) is 42.7. The first-order valence-corrected chi connectivity index (χ1v) is 10.4. The van der Waals surface area contributed by atoms with Gasteiger partial charge < -0.3 is 14.8 Å². The SMILES string of the molecule is O=C(O)CCN1C(=O)/C(=C/c2c(NCc3ccco3)nc3ccccn3c2=O)SC1=S. The number of fused-ring (bicyclic) bond motifs is 1. The number of carbonyl (C=O) groups excluding carboxylic acids is 1. The summed E-state index contributed by atoms with van der Waals surface area (Å²) in [7, 11) is 0. The Kier molecular flexibility index (Phi) is 5.87. The van der Waals surface area contributed by atoms with E-state index in [0.29, 0.717) is 23.8 Å². The number of aromatic nitrogens is 2. The van der Waals surface area contributed by atoms with Crippen molar-refractivity contribution in [3.05, 3.63) is 69.4 Å². The van der Waals surface area contributed by atoms with Crippen molar-refractivity contribution in [1.82, 2.24) is 14.3 Å². The first kappa shape index (κ1) is 20.8. The molecule has 1 aliphatic rings. The molecule has 158 valence electrons. The van der Waals surface area contributed by atoms with Crippen molar-refractivity contribution < 1.29 is 19.1 Å². The molecule has 0 bridgehead atoms. The minimum atomic E-state index is -1.03. The van der Waals surface area contributed by atoms with E-state index in [0.717, 1.165) is 11.8 Å². The van der Waals surface area contributed by atoms with Gasteiger partial charge in [0.1, 0.15) is 21.5 Å². The molecule has 9 nitrogen and oxygen atoms in total. The lowest BCUT2D eigenvalue weighted by Gasteiger charge is -2.12. The average molecular weight is 457 g/mol. The molecule has 3 aromatic rings. The Balaban J connectivity index is 1.73. The zero-order chi connectivity index (χ0) is 22.0. The topological polar surface area (TPSA) is 117 Å². The third-order valence-electron chi connectivity index (χ3n) is 4.48. The number of pyridine rings is 1. The Labute approximate surface area is 185 Å². The molecule has 4 heterocycles. The van der Waals surface area contributed by atoms with E-state index in [1.54, 1.807) is 42.8 Å². The van der Waals surface area contributed by atoms with Gasteiger partial charge in [-0.2, -0.15) is 0 Å². The van der Waals surface area contributed by atoms with Gasteiger partial charge in [0, 0.05) is 12.7 Å². The van der Waals surface area contributed by atoms with Crippen molar-refractivity contribution in [3.8, 4) is 0 Å². The largest absolute Gasteiger partial charge is 0.481 e. The highest BCUT2D eigenvalue weighted by Crippen LogP contribution is 2.33. The number of hydrogen-bond acceptors (Lipinski definition) is 8. The van der Waals surface area contributed by atoms with E-state index < -0.39 is 11.9 Å². The summed E-state index contributed by atoms with van der Waals surface area (Å²) >= 11 is 6.24. The van der Waals surface area contributed by atoms with Crippen LogP contribution in [0.5, 0.6) is 0 Å². The van der Waals surface area contributed by atoms with Crippen molar-refractivity contribution in [2.24, 2.45) is 0 Å². The second kappa shape index (κ2) is 8.74. The molecule has 31 heavy (non-hydrogen) atoms. The van der Waals surface area contributed by atoms with Crippen LogP contribution in [0.15, 0.2) is 56.9 Å². The zero-order valence-corrected chi connectivity index (χ0v) is 17.6. The van der Waals surface area contributed by atoms with Crippen LogP contribution >= 0.6 is 24.0 Å². The normalized spacial score (nSPS) is 15.2. The Bertz CT molecular complexity index is 1270. The van der Waals surface area contributed by atoms with Gasteiger partial charge in [-0.15, -0.1) is 0 Å². The Morgan fingerprint density at radius 1 is 1.29 bits per heavy atom. The fraction of sp³-hybridized carbons (Fsp3) is 0.150. The second-order valence-corrected chi connectivity index (χ2v) is 8.19. The van der Waals surface area contributed by atoms with Gasteiger partial charge in [0.25, 0.3) is 11.5 Å². The molecular formula is C20H16N4O5S2. The van der Waals surface area contributed by atoms with Crippen LogP contribution in [-0.4, -0.2) is 42.1 Å². The maximum Gasteiger partial charge on any atom is 0.305 e. The van der Waals surface area contributed by atoms with E-state index in [9.17, 15) is 14.4 Å². The zero-order valence-electron chi connectivity index (χ0n) is 16.0. The second-order valence-electron chi connectivity index (χ2n) is 6.52. The summed E-state index contributed by atoms with van der Waals surface area (Å²) < 4.78 is 6.95. The fourth-order valence-electron chi connectivity index (χ4n) is 2.98. The molecule has 0 saturated carbocycles. The van der Waals surface area contributed by atoms with Crippen LogP contribution in [-0.2, 0) is 16.1 Å². The molecule has 0 spiro atoms. The molecule has 0 aromatic carbocycles. The van der Waals surface area contributed by atoms with Gasteiger partial charge in [-0.05, 0) is 30.3 Å². The highest BCUT2D eigenvalue weighted by molar-refractivity contribution is 8.26. The average Bonchev–Trinajstić information content (AvgIpc) is 3.35. The molecular weight excluding hydrogens is 440 g/mol. The Hall–Kier alpha value is -3.44. The van der Waals surface area contributed by atoms with Crippen LogP contribution in [0, 0.1) is 0 Å². The fourth-order valence-corrected chi connectivity index (χ4v) is 4.27. The molecule has 11 heteroatoms. The van der Waals surface area contributed by atoms with Crippen LogP contribution < -0.4 is 10.9 Å². The number of nitrogens with one attached hydrogen (secondary N) is 1. The first-order valence-electron chi connectivity index (χ1n) is 9.19. The summed E-state index contributed by atoms with van der Waals surface area (Å²) in [6, 6.07) is 8.72. The molecule has 0 aliphatic carbocycles. The predicted octanol–water partition coefficient (Wildman–Crippen LogP) is 2.58. The van der Waals surface area contributed by atoms with Gasteiger partial charge in [-0.3, -0.25) is 23.7 Å². The first-order chi connectivity index (χ1) is 14.9. The molecule has 1 fully saturated rings. The van der Waals surface area contributed by atoms with Crippen LogP contribution in [0.3, 0.4) is 0 Å². The van der Waals surface area contributed by atoms with Crippen molar-refractivity contribution in [1.29, 1.82) is 0 Å². The molecule has 2 N–H and O–H groups in total. The number of carbonyl (C=O) groups is 2. The Morgan fingerprint density at radius 2 is 2.13 bits per heavy atom. The predicted molar refractivity (Wildman–Crippen MR) is 120 cm³/mol. The summed E-state index contributed by atoms with van der Waals surface area (Å²) in [6.07, 6.45) is 4.36. The lowest BCUT2D eigenvalue weighted by Crippen LogP contribution is -2.30. The number of carboxylic acid groups (broad SMARTS) is 1. The van der Waals surface area contributed by atoms with Crippen LogP contribution in [0.25, 0.3) is 11.7 Å². The summed E-state index contributed by atoms with van der Waals surface area (Å²) in [6.45, 7) is 0.263. The standard InChI is InChI=1S/C20H16N4O5S2/c25-16(26)6-8-24-19(28)14(31-20(24)30)10-13-17(21-11-12-4-3-9-29-12)22-15-5-1-2-7-23(15)18(13)27/h1-5,7,9-10,21H,6,8,11H2,(H,25,26)/b14-10-. The highest BCUT2D eigenvalue weighted by Gasteiger charge is 2.32. The van der Waals surface area contributed by atoms with Gasteiger partial charge in [0.05, 0.1) is 29.7 Å². The third kappa shape index (κ3) is 4.37. The van der Waals surface area contributed by atoms with Gasteiger partial charge in [-0.1, -0.05) is 30.0 Å². The lowest BCUT2D eigenvalue weighted by molar-refractivity contribution is -0.137. The quantitative estimate of drug-likeness (QED) is 0.409. The summed E-state index contributed by atoms with van der Waals surface area (Å²) in [5, 5.41) is 12.0. The lowest BCUT2D eigenvalue weighted by atomic mass is 10.2. The van der Waals surface area contributed by atoms with Crippen molar-refractivity contribution in [2.45, 2.75) is 13.0 Å². The number of furan rings is 1. The van der Waals surface area contributed by atoms with Crippen molar-refractivity contribution >= 4 is 57.7 Å². The van der Waals surface area contributed by atoms with Gasteiger partial charge in [0.15, 0.2) is 0 Å². The summed E-state index contributed by atoms with van der Waals surface area (Å²) in [5.74, 6) is -0.519. The van der Waals surface area contributed by atoms with Crippen LogP contribution in [0.1, 0.15) is 17.7 Å². The van der Waals surface area contributed by atoms with E-state index in [1.807, 2.05) is 0 Å². The van der Waals surface area contributed by atoms with Crippen LogP contribution in [0.2, 0.25) is 0 Å². The van der Waals surface area contributed by atoms with E-state index in [4.69, 9.17) is 21.7 Å². The van der Waals surface area contributed by atoms with Gasteiger partial charge in [0.2, 0.25) is 0 Å². The molecule has 0 atom stereocenters. The smallest absolute Gasteiger partial charge is 0.305 e. The third-order valence-corrected chi connectivity index (χ3v) is 5.86. The van der Waals surface area contributed by atoms with E-state index >= 15 is 0 Å². The van der Waals surface area contributed by atoms with E-state index in [2.05, 4.69) is 10.3 Å². The Morgan fingerprint density at radius 3 is 2.87 bits per heavy atom. The number of thiocarbonyl (C=S) groups is 1. The molecule has 0 radical (unpaired) electrons. The number of aliphatic carboxylic acids is 1. The van der Waals surface area contributed by atoms with Crippen molar-refractivity contribution in [2.75, 3.05) is 11.9 Å². The molecule has 1 saturated heterocycles. The van der Waals surface area contributed by atoms with Gasteiger partial charge >= 0.3 is 5.97 Å². The number of rotatable bonds is 7. The number of nitrogens with zero attached hydrogens (tertiary/aromatic N) is 3. The number of anilines is 1. The number of carboxylic acids is 1. The molecule has 1 aliphatic heterocycles. The minimum absolute atomic E-state index is 0.0319. The molecule has 0 unspecified atom stereocenters. The molecule has 4 rings (SSSR count). The number of thioether (sulfide) groups is 1. The monoisotopic (exact) mass is 456 g/mol. The minimum Gasteiger partial charge on any atom is -0.481 e. The maximum atomic E-state index is 13.2. The van der Waals surface area contributed by atoms with E-state index in [-0.39, 0.29) is 33.3 Å². The van der Waals surface area contributed by atoms with E-state index in [1.165, 1.54) is 15.4 Å².